The van der Waals surface area contributed by atoms with Gasteiger partial charge in [-0.1, -0.05) is 12.1 Å². The van der Waals surface area contributed by atoms with Gasteiger partial charge >= 0.3 is 0 Å². The standard InChI is InChI=1S/C14H13N5O2/c1-2-21-13-11-12(18-14(15)19-13)16-7-9(17-11)8-5-3-4-6-10(8)20/h3-7,20H,2H2,1H3,(H2,15,16,18,19). The van der Waals surface area contributed by atoms with E-state index in [4.69, 9.17) is 10.5 Å². The average molecular weight is 283 g/mol. The summed E-state index contributed by atoms with van der Waals surface area (Å²) in [6, 6.07) is 6.89. The van der Waals surface area contributed by atoms with Crippen LogP contribution in [0.15, 0.2) is 30.5 Å². The number of anilines is 1. The smallest absolute Gasteiger partial charge is 0.247 e. The van der Waals surface area contributed by atoms with E-state index < -0.39 is 0 Å². The molecule has 0 amide bonds. The Balaban J connectivity index is 2.22. The normalized spacial score (nSPS) is 10.7. The van der Waals surface area contributed by atoms with Gasteiger partial charge in [0.2, 0.25) is 11.8 Å². The van der Waals surface area contributed by atoms with Crippen molar-refractivity contribution >= 4 is 17.1 Å². The molecule has 0 fully saturated rings. The van der Waals surface area contributed by atoms with Gasteiger partial charge in [-0.05, 0) is 19.1 Å². The highest BCUT2D eigenvalue weighted by Gasteiger charge is 2.13. The molecule has 0 saturated heterocycles. The first kappa shape index (κ1) is 13.0. The molecule has 1 aromatic carbocycles. The highest BCUT2D eigenvalue weighted by atomic mass is 16.5. The van der Waals surface area contributed by atoms with Gasteiger partial charge in [-0.2, -0.15) is 9.97 Å². The summed E-state index contributed by atoms with van der Waals surface area (Å²) in [7, 11) is 0. The molecule has 0 saturated carbocycles. The lowest BCUT2D eigenvalue weighted by molar-refractivity contribution is 0.330. The number of nitrogens with two attached hydrogens (primary N) is 1. The third-order valence-electron chi connectivity index (χ3n) is 2.85. The Hall–Kier alpha value is -2.96. The number of nitrogens with zero attached hydrogens (tertiary/aromatic N) is 4. The van der Waals surface area contributed by atoms with Crippen molar-refractivity contribution < 1.29 is 9.84 Å². The van der Waals surface area contributed by atoms with Crippen LogP contribution in [0.5, 0.6) is 11.6 Å². The van der Waals surface area contributed by atoms with Gasteiger partial charge in [0, 0.05) is 5.56 Å². The number of nitrogen functional groups attached to an aromatic ring is 1. The first-order valence-electron chi connectivity index (χ1n) is 6.40. The second-order valence-electron chi connectivity index (χ2n) is 4.26. The molecular weight excluding hydrogens is 270 g/mol. The van der Waals surface area contributed by atoms with Gasteiger partial charge in [-0.3, -0.25) is 0 Å². The lowest BCUT2D eigenvalue weighted by Crippen LogP contribution is -2.04. The molecule has 0 aliphatic heterocycles. The molecule has 3 rings (SSSR count). The van der Waals surface area contributed by atoms with Crippen molar-refractivity contribution in [2.24, 2.45) is 0 Å². The molecule has 3 N–H and O–H groups in total. The zero-order chi connectivity index (χ0) is 14.8. The number of hydrogen-bond acceptors (Lipinski definition) is 7. The van der Waals surface area contributed by atoms with Crippen molar-refractivity contribution in [3.63, 3.8) is 0 Å². The number of benzene rings is 1. The largest absolute Gasteiger partial charge is 0.507 e. The Kier molecular flexibility index (Phi) is 3.23. The molecule has 2 heterocycles. The molecule has 0 radical (unpaired) electrons. The van der Waals surface area contributed by atoms with E-state index in [-0.39, 0.29) is 17.6 Å². The van der Waals surface area contributed by atoms with Crippen LogP contribution in [0.2, 0.25) is 0 Å². The molecule has 0 aliphatic rings. The monoisotopic (exact) mass is 283 g/mol. The molecule has 21 heavy (non-hydrogen) atoms. The van der Waals surface area contributed by atoms with E-state index >= 15 is 0 Å². The minimum absolute atomic E-state index is 0.0792. The van der Waals surface area contributed by atoms with E-state index in [0.29, 0.717) is 29.0 Å². The van der Waals surface area contributed by atoms with Crippen LogP contribution in [0.1, 0.15) is 6.92 Å². The van der Waals surface area contributed by atoms with E-state index in [9.17, 15) is 5.11 Å². The molecule has 0 atom stereocenters. The van der Waals surface area contributed by atoms with Crippen molar-refractivity contribution in [3.8, 4) is 22.9 Å². The number of phenolic OH excluding ortho intramolecular Hbond substituents is 1. The lowest BCUT2D eigenvalue weighted by Gasteiger charge is -2.08. The van der Waals surface area contributed by atoms with Crippen molar-refractivity contribution in [3.05, 3.63) is 30.5 Å². The predicted octanol–water partition coefficient (Wildman–Crippen LogP) is 1.77. The minimum atomic E-state index is 0.0792. The summed E-state index contributed by atoms with van der Waals surface area (Å²) in [6.45, 7) is 2.26. The summed E-state index contributed by atoms with van der Waals surface area (Å²) in [5.41, 5.74) is 7.46. The molecule has 7 heteroatoms. The summed E-state index contributed by atoms with van der Waals surface area (Å²) in [5, 5.41) is 9.90. The van der Waals surface area contributed by atoms with Crippen LogP contribution in [-0.4, -0.2) is 31.6 Å². The van der Waals surface area contributed by atoms with Crippen LogP contribution in [0, 0.1) is 0 Å². The van der Waals surface area contributed by atoms with Gasteiger partial charge in [0.05, 0.1) is 18.5 Å². The van der Waals surface area contributed by atoms with E-state index in [0.717, 1.165) is 0 Å². The molecule has 0 spiro atoms. The third-order valence-corrected chi connectivity index (χ3v) is 2.85. The van der Waals surface area contributed by atoms with E-state index in [1.165, 1.54) is 6.20 Å². The fourth-order valence-corrected chi connectivity index (χ4v) is 1.96. The second kappa shape index (κ2) is 5.20. The molecule has 3 aromatic rings. The lowest BCUT2D eigenvalue weighted by atomic mass is 10.1. The van der Waals surface area contributed by atoms with Crippen LogP contribution in [0.4, 0.5) is 5.95 Å². The van der Waals surface area contributed by atoms with Gasteiger partial charge < -0.3 is 15.6 Å². The second-order valence-corrected chi connectivity index (χ2v) is 4.26. The van der Waals surface area contributed by atoms with Gasteiger partial charge in [-0.25, -0.2) is 9.97 Å². The quantitative estimate of drug-likeness (QED) is 0.754. The molecule has 0 aliphatic carbocycles. The van der Waals surface area contributed by atoms with Crippen molar-refractivity contribution in [1.29, 1.82) is 0 Å². The molecule has 0 bridgehead atoms. The van der Waals surface area contributed by atoms with Crippen molar-refractivity contribution in [2.45, 2.75) is 6.92 Å². The van der Waals surface area contributed by atoms with Gasteiger partial charge in [-0.15, -0.1) is 0 Å². The van der Waals surface area contributed by atoms with Crippen LogP contribution in [0.3, 0.4) is 0 Å². The summed E-state index contributed by atoms with van der Waals surface area (Å²) in [5.74, 6) is 0.487. The SMILES string of the molecule is CCOc1nc(N)nc2ncc(-c3ccccc3O)nc12. The molecule has 7 nitrogen and oxygen atoms in total. The summed E-state index contributed by atoms with van der Waals surface area (Å²) < 4.78 is 5.42. The predicted molar refractivity (Wildman–Crippen MR) is 77.8 cm³/mol. The Bertz CT molecular complexity index is 806. The van der Waals surface area contributed by atoms with E-state index in [2.05, 4.69) is 19.9 Å². The number of ether oxygens (including phenoxy) is 1. The number of para-hydroxylation sites is 1. The van der Waals surface area contributed by atoms with Crippen molar-refractivity contribution in [1.82, 2.24) is 19.9 Å². The van der Waals surface area contributed by atoms with E-state index in [1.54, 1.807) is 18.2 Å². The highest BCUT2D eigenvalue weighted by molar-refractivity contribution is 5.80. The number of rotatable bonds is 3. The van der Waals surface area contributed by atoms with Crippen LogP contribution in [-0.2, 0) is 0 Å². The number of aromatic nitrogens is 4. The molecule has 0 unspecified atom stereocenters. The maximum Gasteiger partial charge on any atom is 0.247 e. The van der Waals surface area contributed by atoms with Crippen LogP contribution >= 0.6 is 0 Å². The molecule has 106 valence electrons. The Morgan fingerprint density at radius 3 is 2.76 bits per heavy atom. The topological polar surface area (TPSA) is 107 Å². The summed E-state index contributed by atoms with van der Waals surface area (Å²) in [4.78, 5) is 16.7. The maximum atomic E-state index is 9.90. The number of hydrogen-bond donors (Lipinski definition) is 2. The number of phenols is 1. The first-order valence-corrected chi connectivity index (χ1v) is 6.40. The third kappa shape index (κ3) is 2.40. The molecule has 2 aromatic heterocycles. The van der Waals surface area contributed by atoms with Gasteiger partial charge in [0.15, 0.2) is 11.2 Å². The highest BCUT2D eigenvalue weighted by Crippen LogP contribution is 2.29. The van der Waals surface area contributed by atoms with Crippen molar-refractivity contribution in [2.75, 3.05) is 12.3 Å². The van der Waals surface area contributed by atoms with Crippen LogP contribution in [0.25, 0.3) is 22.4 Å². The first-order chi connectivity index (χ1) is 10.2. The van der Waals surface area contributed by atoms with Gasteiger partial charge in [0.1, 0.15) is 5.75 Å². The average Bonchev–Trinajstić information content (AvgIpc) is 2.48. The van der Waals surface area contributed by atoms with Gasteiger partial charge in [0.25, 0.3) is 0 Å². The Morgan fingerprint density at radius 2 is 2.00 bits per heavy atom. The number of aromatic hydroxyl groups is 1. The summed E-state index contributed by atoms with van der Waals surface area (Å²) >= 11 is 0. The van der Waals surface area contributed by atoms with Crippen LogP contribution < -0.4 is 10.5 Å². The zero-order valence-corrected chi connectivity index (χ0v) is 11.3. The number of fused-ring (bicyclic) bond motifs is 1. The van der Waals surface area contributed by atoms with E-state index in [1.807, 2.05) is 13.0 Å². The minimum Gasteiger partial charge on any atom is -0.507 e. The zero-order valence-electron chi connectivity index (χ0n) is 11.3. The molecular formula is C14H13N5O2. The fourth-order valence-electron chi connectivity index (χ4n) is 1.96. The maximum absolute atomic E-state index is 9.90. The Labute approximate surface area is 120 Å². The Morgan fingerprint density at radius 1 is 1.19 bits per heavy atom. The fraction of sp³-hybridized carbons (Fsp3) is 0.143. The summed E-state index contributed by atoms with van der Waals surface area (Å²) in [6.07, 6.45) is 1.53.